The number of hydrogen-bond donors (Lipinski definition) is 1. The number of fused-ring (bicyclic) bond motifs is 1. The third kappa shape index (κ3) is 3.19. The molecule has 5 heteroatoms. The number of nitrogens with zero attached hydrogens (tertiary/aromatic N) is 3. The molecule has 0 saturated heterocycles. The molecular weight excluding hydrogens is 312 g/mol. The maximum absolute atomic E-state index is 11.0. The Kier molecular flexibility index (Phi) is 4.07. The molecule has 5 nitrogen and oxygen atoms in total. The number of nitrogens with two attached hydrogens (primary N) is 1. The van der Waals surface area contributed by atoms with Crippen molar-refractivity contribution < 1.29 is 4.79 Å². The maximum atomic E-state index is 11.0. The quantitative estimate of drug-likeness (QED) is 0.799. The number of rotatable bonds is 4. The average molecular weight is 332 g/mol. The zero-order chi connectivity index (χ0) is 17.2. The Morgan fingerprint density at radius 3 is 2.80 bits per heavy atom. The van der Waals surface area contributed by atoms with Crippen molar-refractivity contribution in [1.29, 1.82) is 0 Å². The molecular formula is C20H20N4O. The van der Waals surface area contributed by atoms with E-state index in [-0.39, 0.29) is 5.91 Å². The summed E-state index contributed by atoms with van der Waals surface area (Å²) in [6, 6.07) is 14.6. The fourth-order valence-corrected chi connectivity index (χ4v) is 3.37. The Hall–Kier alpha value is -2.92. The highest BCUT2D eigenvalue weighted by Crippen LogP contribution is 2.25. The lowest BCUT2D eigenvalue weighted by Gasteiger charge is -2.24. The van der Waals surface area contributed by atoms with Crippen LogP contribution in [0.3, 0.4) is 0 Å². The lowest BCUT2D eigenvalue weighted by Crippen LogP contribution is -2.36. The minimum Gasteiger partial charge on any atom is -0.369 e. The predicted molar refractivity (Wildman–Crippen MR) is 99.3 cm³/mol. The lowest BCUT2D eigenvalue weighted by atomic mass is 10.0. The van der Waals surface area contributed by atoms with Crippen molar-refractivity contribution in [3.8, 4) is 5.69 Å². The van der Waals surface area contributed by atoms with Crippen LogP contribution in [0, 0.1) is 0 Å². The van der Waals surface area contributed by atoms with Gasteiger partial charge < -0.3 is 5.73 Å². The summed E-state index contributed by atoms with van der Waals surface area (Å²) < 4.78 is 1.94. The zero-order valence-electron chi connectivity index (χ0n) is 13.9. The van der Waals surface area contributed by atoms with Crippen LogP contribution in [-0.2, 0) is 4.79 Å². The molecule has 0 fully saturated rings. The molecule has 1 aliphatic heterocycles. The van der Waals surface area contributed by atoms with Crippen LogP contribution in [0.2, 0.25) is 0 Å². The van der Waals surface area contributed by atoms with E-state index < -0.39 is 0 Å². The minimum atomic E-state index is -0.277. The number of aromatic nitrogens is 2. The summed E-state index contributed by atoms with van der Waals surface area (Å²) >= 11 is 0. The Bertz CT molecular complexity index is 952. The Labute approximate surface area is 146 Å². The van der Waals surface area contributed by atoms with Crippen LogP contribution in [0.1, 0.15) is 12.0 Å². The number of benzene rings is 2. The molecule has 0 saturated carbocycles. The molecule has 1 amide bonds. The van der Waals surface area contributed by atoms with E-state index in [1.54, 1.807) is 0 Å². The summed E-state index contributed by atoms with van der Waals surface area (Å²) in [7, 11) is 0. The van der Waals surface area contributed by atoms with Crippen molar-refractivity contribution in [2.45, 2.75) is 6.42 Å². The molecule has 2 aromatic carbocycles. The van der Waals surface area contributed by atoms with Crippen molar-refractivity contribution in [2.75, 3.05) is 19.6 Å². The van der Waals surface area contributed by atoms with E-state index in [9.17, 15) is 4.79 Å². The number of hydrogen-bond acceptors (Lipinski definition) is 3. The molecule has 2 N–H and O–H groups in total. The van der Waals surface area contributed by atoms with E-state index in [0.29, 0.717) is 6.54 Å². The fraction of sp³-hybridized carbons (Fsp3) is 0.200. The summed E-state index contributed by atoms with van der Waals surface area (Å²) in [6.45, 7) is 1.91. The zero-order valence-corrected chi connectivity index (χ0v) is 13.9. The van der Waals surface area contributed by atoms with Crippen LogP contribution in [-0.4, -0.2) is 40.2 Å². The van der Waals surface area contributed by atoms with Gasteiger partial charge in [0.05, 0.1) is 18.4 Å². The van der Waals surface area contributed by atoms with Gasteiger partial charge in [-0.2, -0.15) is 5.10 Å². The molecule has 25 heavy (non-hydrogen) atoms. The molecule has 126 valence electrons. The van der Waals surface area contributed by atoms with Crippen molar-refractivity contribution in [2.24, 2.45) is 5.73 Å². The summed E-state index contributed by atoms with van der Waals surface area (Å²) in [5.41, 5.74) is 8.75. The molecule has 0 spiro atoms. The molecule has 4 rings (SSSR count). The highest BCUT2D eigenvalue weighted by atomic mass is 16.1. The topological polar surface area (TPSA) is 64.2 Å². The van der Waals surface area contributed by atoms with Crippen molar-refractivity contribution in [3.63, 3.8) is 0 Å². The molecule has 0 bridgehead atoms. The van der Waals surface area contributed by atoms with Gasteiger partial charge in [0, 0.05) is 30.2 Å². The van der Waals surface area contributed by atoms with Gasteiger partial charge >= 0.3 is 0 Å². The van der Waals surface area contributed by atoms with E-state index in [2.05, 4.69) is 52.6 Å². The fourth-order valence-electron chi connectivity index (χ4n) is 3.37. The summed E-state index contributed by atoms with van der Waals surface area (Å²) in [5.74, 6) is -0.277. The Morgan fingerprint density at radius 2 is 2.00 bits per heavy atom. The lowest BCUT2D eigenvalue weighted by molar-refractivity contribution is -0.119. The first-order chi connectivity index (χ1) is 12.2. The van der Waals surface area contributed by atoms with Gasteiger partial charge in [0.2, 0.25) is 5.91 Å². The van der Waals surface area contributed by atoms with Crippen LogP contribution >= 0.6 is 0 Å². The predicted octanol–water partition coefficient (Wildman–Crippen LogP) is 2.60. The molecule has 0 unspecified atom stereocenters. The highest BCUT2D eigenvalue weighted by molar-refractivity contribution is 5.90. The summed E-state index contributed by atoms with van der Waals surface area (Å²) in [6.07, 6.45) is 7.06. The molecule has 0 aliphatic carbocycles. The van der Waals surface area contributed by atoms with Crippen LogP contribution < -0.4 is 5.73 Å². The van der Waals surface area contributed by atoms with Crippen LogP contribution in [0.15, 0.2) is 60.9 Å². The first-order valence-corrected chi connectivity index (χ1v) is 8.43. The molecule has 2 heterocycles. The van der Waals surface area contributed by atoms with Gasteiger partial charge in [-0.05, 0) is 23.4 Å². The van der Waals surface area contributed by atoms with Gasteiger partial charge in [0.1, 0.15) is 0 Å². The molecule has 1 aliphatic rings. The molecule has 3 aromatic rings. The van der Waals surface area contributed by atoms with Gasteiger partial charge in [-0.15, -0.1) is 0 Å². The van der Waals surface area contributed by atoms with Gasteiger partial charge in [-0.1, -0.05) is 42.5 Å². The SMILES string of the molecule is NC(=O)CN1CC=C(c2cnn(-c3cccc4ccccc34)c2)CC1. The number of carbonyl (C=O) groups is 1. The van der Waals surface area contributed by atoms with E-state index in [1.165, 1.54) is 16.3 Å². The third-order valence-corrected chi connectivity index (χ3v) is 4.64. The van der Waals surface area contributed by atoms with E-state index in [0.717, 1.165) is 30.8 Å². The monoisotopic (exact) mass is 332 g/mol. The average Bonchev–Trinajstić information content (AvgIpc) is 3.11. The van der Waals surface area contributed by atoms with Crippen molar-refractivity contribution >= 4 is 22.3 Å². The normalized spacial score (nSPS) is 15.3. The minimum absolute atomic E-state index is 0.277. The molecule has 0 radical (unpaired) electrons. The number of carbonyl (C=O) groups excluding carboxylic acids is 1. The first kappa shape index (κ1) is 15.6. The van der Waals surface area contributed by atoms with Gasteiger partial charge in [0.25, 0.3) is 0 Å². The van der Waals surface area contributed by atoms with Crippen LogP contribution in [0.4, 0.5) is 0 Å². The first-order valence-electron chi connectivity index (χ1n) is 8.43. The molecule has 1 aromatic heterocycles. The van der Waals surface area contributed by atoms with Crippen molar-refractivity contribution in [1.82, 2.24) is 14.7 Å². The Balaban J connectivity index is 1.60. The number of amides is 1. The smallest absolute Gasteiger partial charge is 0.231 e. The second kappa shape index (κ2) is 6.53. The van der Waals surface area contributed by atoms with E-state index in [1.807, 2.05) is 23.0 Å². The largest absolute Gasteiger partial charge is 0.369 e. The maximum Gasteiger partial charge on any atom is 0.231 e. The number of primary amides is 1. The third-order valence-electron chi connectivity index (χ3n) is 4.64. The second-order valence-corrected chi connectivity index (χ2v) is 6.35. The van der Waals surface area contributed by atoms with Gasteiger partial charge in [0.15, 0.2) is 0 Å². The van der Waals surface area contributed by atoms with Gasteiger partial charge in [-0.25, -0.2) is 4.68 Å². The molecule has 0 atom stereocenters. The van der Waals surface area contributed by atoms with Crippen LogP contribution in [0.25, 0.3) is 22.0 Å². The summed E-state index contributed by atoms with van der Waals surface area (Å²) in [4.78, 5) is 13.1. The van der Waals surface area contributed by atoms with Crippen LogP contribution in [0.5, 0.6) is 0 Å². The van der Waals surface area contributed by atoms with Gasteiger partial charge in [-0.3, -0.25) is 9.69 Å². The Morgan fingerprint density at radius 1 is 1.16 bits per heavy atom. The van der Waals surface area contributed by atoms with E-state index >= 15 is 0 Å². The van der Waals surface area contributed by atoms with E-state index in [4.69, 9.17) is 5.73 Å². The highest BCUT2D eigenvalue weighted by Gasteiger charge is 2.16. The summed E-state index contributed by atoms with van der Waals surface area (Å²) in [5, 5.41) is 6.96. The van der Waals surface area contributed by atoms with Crippen molar-refractivity contribution in [3.05, 3.63) is 66.5 Å². The second-order valence-electron chi connectivity index (χ2n) is 6.35. The standard InChI is InChI=1S/C20H20N4O/c21-20(25)14-23-10-8-15(9-11-23)17-12-22-24(13-17)19-7-3-5-16-4-1-2-6-18(16)19/h1-8,12-13H,9-11,14H2,(H2,21,25).